The first-order chi connectivity index (χ1) is 12.1. The van der Waals surface area contributed by atoms with E-state index in [2.05, 4.69) is 6.08 Å². The Bertz CT molecular complexity index is 699. The van der Waals surface area contributed by atoms with E-state index in [0.717, 1.165) is 23.5 Å². The van der Waals surface area contributed by atoms with Crippen LogP contribution in [0.4, 0.5) is 0 Å². The molecule has 4 nitrogen and oxygen atoms in total. The quantitative estimate of drug-likeness (QED) is 0.613. The molecule has 0 amide bonds. The lowest BCUT2D eigenvalue weighted by molar-refractivity contribution is -0.155. The van der Waals surface area contributed by atoms with Crippen LogP contribution in [0.1, 0.15) is 18.9 Å². The van der Waals surface area contributed by atoms with Crippen LogP contribution in [0.25, 0.3) is 0 Å². The summed E-state index contributed by atoms with van der Waals surface area (Å²) in [5.41, 5.74) is 2.20. The minimum Gasteiger partial charge on any atom is -0.462 e. The molecule has 4 rings (SSSR count). The Kier molecular flexibility index (Phi) is 4.59. The smallest absolute Gasteiger partial charge is 0.313 e. The number of esters is 2. The zero-order valence-corrected chi connectivity index (χ0v) is 15.0. The number of carbonyl (C=O) groups excluding carboxylic acids is 2. The molecule has 3 aliphatic rings. The number of fused-ring (bicyclic) bond motifs is 2. The molecule has 2 heterocycles. The van der Waals surface area contributed by atoms with Crippen LogP contribution < -0.4 is 0 Å². The van der Waals surface area contributed by atoms with E-state index >= 15 is 0 Å². The number of cyclic esters (lactones) is 1. The van der Waals surface area contributed by atoms with Gasteiger partial charge in [0.25, 0.3) is 0 Å². The van der Waals surface area contributed by atoms with Crippen molar-refractivity contribution in [1.29, 1.82) is 0 Å². The Labute approximate surface area is 152 Å². The van der Waals surface area contributed by atoms with Gasteiger partial charge >= 0.3 is 11.9 Å². The van der Waals surface area contributed by atoms with Gasteiger partial charge in [-0.25, -0.2) is 0 Å². The van der Waals surface area contributed by atoms with Gasteiger partial charge in [0.05, 0.1) is 11.8 Å². The topological polar surface area (TPSA) is 52.6 Å². The van der Waals surface area contributed by atoms with Gasteiger partial charge in [-0.3, -0.25) is 9.59 Å². The van der Waals surface area contributed by atoms with E-state index in [1.165, 1.54) is 5.57 Å². The van der Waals surface area contributed by atoms with E-state index in [-0.39, 0.29) is 48.3 Å². The molecule has 2 fully saturated rings. The lowest BCUT2D eigenvalue weighted by atomic mass is 9.65. The molecule has 5 heteroatoms. The van der Waals surface area contributed by atoms with Crippen molar-refractivity contribution >= 4 is 23.7 Å². The summed E-state index contributed by atoms with van der Waals surface area (Å²) < 4.78 is 11.1. The van der Waals surface area contributed by atoms with E-state index in [1.807, 2.05) is 49.0 Å². The molecule has 1 aromatic carbocycles. The normalized spacial score (nSPS) is 33.7. The van der Waals surface area contributed by atoms with Crippen molar-refractivity contribution in [3.05, 3.63) is 47.5 Å². The molecule has 0 spiro atoms. The van der Waals surface area contributed by atoms with Gasteiger partial charge in [0.1, 0.15) is 12.7 Å². The molecule has 1 aliphatic carbocycles. The van der Waals surface area contributed by atoms with Crippen LogP contribution in [0.15, 0.2) is 42.0 Å². The molecule has 132 valence electrons. The number of rotatable bonds is 3. The van der Waals surface area contributed by atoms with Crippen molar-refractivity contribution in [2.45, 2.75) is 26.1 Å². The molecule has 0 N–H and O–H groups in total. The molecular formula is C20H22O4S. The van der Waals surface area contributed by atoms with Gasteiger partial charge in [0.2, 0.25) is 0 Å². The Balaban J connectivity index is 1.58. The molecular weight excluding hydrogens is 336 g/mol. The molecule has 5 atom stereocenters. The third-order valence-corrected chi connectivity index (χ3v) is 6.65. The first-order valence-electron chi connectivity index (χ1n) is 8.84. The highest BCUT2D eigenvalue weighted by molar-refractivity contribution is 7.99. The van der Waals surface area contributed by atoms with Gasteiger partial charge in [0.15, 0.2) is 0 Å². The van der Waals surface area contributed by atoms with E-state index < -0.39 is 0 Å². The number of hydrogen-bond donors (Lipinski definition) is 0. The van der Waals surface area contributed by atoms with Gasteiger partial charge in [0, 0.05) is 11.7 Å². The fourth-order valence-corrected chi connectivity index (χ4v) is 5.51. The first-order valence-corrected chi connectivity index (χ1v) is 10.00. The summed E-state index contributed by atoms with van der Waals surface area (Å²) in [7, 11) is 0. The summed E-state index contributed by atoms with van der Waals surface area (Å²) in [6, 6.07) is 9.71. The predicted octanol–water partition coefficient (Wildman–Crippen LogP) is 3.22. The molecule has 0 aromatic heterocycles. The molecule has 25 heavy (non-hydrogen) atoms. The van der Waals surface area contributed by atoms with Gasteiger partial charge in [-0.05, 0) is 30.6 Å². The third kappa shape index (κ3) is 3.10. The molecule has 2 saturated heterocycles. The van der Waals surface area contributed by atoms with Crippen LogP contribution in [0.3, 0.4) is 0 Å². The summed E-state index contributed by atoms with van der Waals surface area (Å²) in [4.78, 5) is 25.2. The maximum atomic E-state index is 13.0. The van der Waals surface area contributed by atoms with E-state index in [0.29, 0.717) is 0 Å². The number of hydrogen-bond acceptors (Lipinski definition) is 5. The Morgan fingerprint density at radius 3 is 2.92 bits per heavy atom. The van der Waals surface area contributed by atoms with E-state index in [9.17, 15) is 9.59 Å². The Morgan fingerprint density at radius 2 is 2.12 bits per heavy atom. The van der Waals surface area contributed by atoms with Crippen LogP contribution in [0.2, 0.25) is 0 Å². The number of ether oxygens (including phenoxy) is 2. The summed E-state index contributed by atoms with van der Waals surface area (Å²) in [6.45, 7) is 2.17. The number of carbonyl (C=O) groups is 2. The van der Waals surface area contributed by atoms with Crippen LogP contribution >= 0.6 is 11.8 Å². The van der Waals surface area contributed by atoms with Crippen LogP contribution in [-0.2, 0) is 25.7 Å². The fraction of sp³-hybridized carbons (Fsp3) is 0.500. The second kappa shape index (κ2) is 6.87. The minimum atomic E-state index is -0.297. The Hall–Kier alpha value is -1.75. The monoisotopic (exact) mass is 358 g/mol. The summed E-state index contributed by atoms with van der Waals surface area (Å²) in [5.74, 6) is 1.07. The molecule has 0 saturated carbocycles. The number of thioether (sulfide) groups is 1. The predicted molar refractivity (Wildman–Crippen MR) is 95.8 cm³/mol. The lowest BCUT2D eigenvalue weighted by Crippen LogP contribution is -2.43. The Morgan fingerprint density at radius 1 is 1.32 bits per heavy atom. The van der Waals surface area contributed by atoms with Crippen molar-refractivity contribution in [2.24, 2.45) is 23.7 Å². The van der Waals surface area contributed by atoms with Crippen molar-refractivity contribution < 1.29 is 19.1 Å². The zero-order chi connectivity index (χ0) is 17.4. The fourth-order valence-electron chi connectivity index (χ4n) is 4.40. The summed E-state index contributed by atoms with van der Waals surface area (Å²) >= 11 is 1.87. The maximum Gasteiger partial charge on any atom is 0.313 e. The van der Waals surface area contributed by atoms with Crippen LogP contribution in [-0.4, -0.2) is 29.5 Å². The minimum absolute atomic E-state index is 0.104. The molecule has 0 radical (unpaired) electrons. The first kappa shape index (κ1) is 16.7. The van der Waals surface area contributed by atoms with Crippen LogP contribution in [0.5, 0.6) is 0 Å². The van der Waals surface area contributed by atoms with Gasteiger partial charge in [-0.1, -0.05) is 42.0 Å². The van der Waals surface area contributed by atoms with Crippen LogP contribution in [0, 0.1) is 23.7 Å². The maximum absolute atomic E-state index is 13.0. The van der Waals surface area contributed by atoms with Gasteiger partial charge in [-0.15, -0.1) is 0 Å². The molecule has 1 aromatic rings. The van der Waals surface area contributed by atoms with E-state index in [4.69, 9.17) is 9.47 Å². The second-order valence-electron chi connectivity index (χ2n) is 7.05. The molecule has 2 aliphatic heterocycles. The van der Waals surface area contributed by atoms with Crippen molar-refractivity contribution in [3.63, 3.8) is 0 Å². The third-order valence-electron chi connectivity index (χ3n) is 5.59. The highest BCUT2D eigenvalue weighted by Crippen LogP contribution is 2.49. The molecule has 0 bridgehead atoms. The highest BCUT2D eigenvalue weighted by Gasteiger charge is 2.54. The largest absolute Gasteiger partial charge is 0.462 e. The second-order valence-corrected chi connectivity index (χ2v) is 8.16. The average Bonchev–Trinajstić information content (AvgIpc) is 2.92. The average molecular weight is 358 g/mol. The molecule has 1 unspecified atom stereocenters. The summed E-state index contributed by atoms with van der Waals surface area (Å²) in [6.07, 6.45) is 2.80. The van der Waals surface area contributed by atoms with Gasteiger partial charge < -0.3 is 9.47 Å². The van der Waals surface area contributed by atoms with E-state index in [1.54, 1.807) is 0 Å². The zero-order valence-electron chi connectivity index (χ0n) is 14.2. The number of benzene rings is 1. The highest BCUT2D eigenvalue weighted by atomic mass is 32.2. The van der Waals surface area contributed by atoms with Crippen molar-refractivity contribution in [1.82, 2.24) is 0 Å². The van der Waals surface area contributed by atoms with Gasteiger partial charge in [-0.2, -0.15) is 11.8 Å². The standard InChI is InChI=1S/C20H22O4S/c1-12-17-16(19(21)24-12)9-14-11-25-8-7-15(14)18(17)20(22)23-10-13-5-3-2-4-6-13/h2-6,9,12,15-18H,7-8,10-11H2,1H3/t12-,15?,16-,17-,18+/m1/s1. The van der Waals surface area contributed by atoms with Crippen molar-refractivity contribution in [2.75, 3.05) is 11.5 Å². The lowest BCUT2D eigenvalue weighted by Gasteiger charge is -2.40. The SMILES string of the molecule is C[C@H]1OC(=O)[C@@H]2C=C3CSCCC3[C@H](C(=O)OCc3ccccc3)[C@H]12. The van der Waals surface area contributed by atoms with Crippen molar-refractivity contribution in [3.8, 4) is 0 Å². The summed E-state index contributed by atoms with van der Waals surface area (Å²) in [5, 5.41) is 0.